The van der Waals surface area contributed by atoms with Crippen molar-refractivity contribution in [3.8, 4) is 17.0 Å². The number of carboxylic acid groups (broad SMARTS) is 5. The highest BCUT2D eigenvalue weighted by molar-refractivity contribution is 7.80. The molecule has 0 bridgehead atoms. The van der Waals surface area contributed by atoms with E-state index in [9.17, 15) is 68.4 Å². The van der Waals surface area contributed by atoms with Crippen molar-refractivity contribution in [2.45, 2.75) is 167 Å². The van der Waals surface area contributed by atoms with Crippen LogP contribution in [0.25, 0.3) is 11.3 Å². The van der Waals surface area contributed by atoms with Crippen LogP contribution in [0.3, 0.4) is 0 Å². The molecule has 0 spiro atoms. The molecule has 2 aromatic carbocycles. The summed E-state index contributed by atoms with van der Waals surface area (Å²) >= 11 is 5.62. The average molecular weight is 1800 g/mol. The lowest BCUT2D eigenvalue weighted by molar-refractivity contribution is -0.192. The lowest BCUT2D eigenvalue weighted by atomic mass is 10.1. The Labute approximate surface area is 743 Å². The topological polar surface area (TPSA) is 551 Å². The Balaban J connectivity index is 0.00000939. The zero-order chi connectivity index (χ0) is 91.9. The Bertz CT molecular complexity index is 4130. The second kappa shape index (κ2) is 65.3. The van der Waals surface area contributed by atoms with Crippen LogP contribution in [0.1, 0.15) is 160 Å². The van der Waals surface area contributed by atoms with E-state index in [-0.39, 0.29) is 115 Å². The lowest BCUT2D eigenvalue weighted by Gasteiger charge is -2.23. The number of carbonyl (C=O) groups excluding carboxylic acids is 7. The van der Waals surface area contributed by atoms with Crippen LogP contribution in [-0.2, 0) is 97.6 Å². The minimum atomic E-state index is -1.24. The molecule has 6 rings (SSSR count). The van der Waals surface area contributed by atoms with E-state index in [4.69, 9.17) is 64.8 Å². The number of thiocarbonyl (C=S) groups is 1. The third-order valence-corrected chi connectivity index (χ3v) is 19.5. The molecule has 1 aliphatic heterocycles. The Hall–Kier alpha value is -11.3. The monoisotopic (exact) mass is 1800 g/mol. The number of ether oxygens (including phenoxy) is 8. The average Bonchev–Trinajstić information content (AvgIpc) is 1.77. The van der Waals surface area contributed by atoms with E-state index in [1.807, 2.05) is 30.3 Å². The summed E-state index contributed by atoms with van der Waals surface area (Å²) in [6.07, 6.45) is 11.1. The molecule has 700 valence electrons. The quantitative estimate of drug-likeness (QED) is 0.0162. The summed E-state index contributed by atoms with van der Waals surface area (Å²) in [5.41, 5.74) is 4.33. The first-order chi connectivity index (χ1) is 61.5. The Morgan fingerprint density at radius 2 is 1.05 bits per heavy atom. The fourth-order valence-corrected chi connectivity index (χ4v) is 12.7. The number of amides is 7. The van der Waals surface area contributed by atoms with E-state index in [1.165, 1.54) is 12.1 Å². The van der Waals surface area contributed by atoms with Crippen molar-refractivity contribution in [3.63, 3.8) is 0 Å². The molecule has 1 aliphatic rings. The number of unbranched alkanes of at least 4 members (excludes halogenated alkanes) is 7. The second-order valence-corrected chi connectivity index (χ2v) is 29.7. The van der Waals surface area contributed by atoms with Gasteiger partial charge in [0, 0.05) is 120 Å². The van der Waals surface area contributed by atoms with Crippen molar-refractivity contribution in [1.82, 2.24) is 72.0 Å². The maximum Gasteiger partial charge on any atom is 0.373 e. The van der Waals surface area contributed by atoms with Crippen molar-refractivity contribution < 1.29 is 121 Å². The normalized spacial score (nSPS) is 13.8. The third-order valence-electron chi connectivity index (χ3n) is 19.2. The molecule has 3 atom stereocenters. The molecule has 1 saturated heterocycles. The number of nitrogens with one attached hydrogen (secondary N) is 9. The lowest BCUT2D eigenvalue weighted by Crippen LogP contribution is -2.51. The molecule has 4 heterocycles. The predicted octanol–water partition coefficient (Wildman–Crippen LogP) is 5.76. The van der Waals surface area contributed by atoms with Gasteiger partial charge in [-0.2, -0.15) is 9.59 Å². The summed E-state index contributed by atoms with van der Waals surface area (Å²) in [6, 6.07) is 17.9. The molecule has 14 N–H and O–H groups in total. The number of hydrogen-bond donors (Lipinski definition) is 14. The van der Waals surface area contributed by atoms with Crippen molar-refractivity contribution in [3.05, 3.63) is 113 Å². The van der Waals surface area contributed by atoms with Crippen molar-refractivity contribution >= 4 is 94.5 Å². The first kappa shape index (κ1) is 106. The van der Waals surface area contributed by atoms with Gasteiger partial charge in [-0.25, -0.2) is 43.4 Å². The molecule has 1 fully saturated rings. The molecule has 42 heteroatoms. The molecule has 0 radical (unpaired) electrons. The number of aromatic carboxylic acids is 2. The SMILES string of the molecule is CCCCCCCC(=O)NCCCCC(NC(=O)C(CCCCNC(=S)Nc1ccc(CCOc2cc(CN3CCOCCOCCN(Cc4cccc(C(=O)O)n4)CCOCCOCC3)nc(C(=O)O)c2)cc1)NC(=O)CCOCCOCCOCCn1cc(-c2cccc(NC(=O)NCCCCC(NC(=O)NCCCC(=O)O)C(=O)O)c2)nn1)C(=O)O.O=C=O. The van der Waals surface area contributed by atoms with E-state index < -0.39 is 71.8 Å². The number of aromatic nitrogens is 5. The van der Waals surface area contributed by atoms with Crippen LogP contribution in [0.2, 0.25) is 0 Å². The summed E-state index contributed by atoms with van der Waals surface area (Å²) in [5.74, 6) is -6.57. The van der Waals surface area contributed by atoms with Gasteiger partial charge in [0.05, 0.1) is 123 Å². The van der Waals surface area contributed by atoms with Crippen LogP contribution in [-0.4, -0.2) is 301 Å². The molecule has 0 saturated carbocycles. The van der Waals surface area contributed by atoms with Crippen LogP contribution < -0.4 is 52.6 Å². The van der Waals surface area contributed by atoms with E-state index in [1.54, 1.807) is 47.3 Å². The number of urea groups is 2. The highest BCUT2D eigenvalue weighted by Gasteiger charge is 2.27. The maximum absolute atomic E-state index is 13.9. The first-order valence-corrected chi connectivity index (χ1v) is 43.2. The van der Waals surface area contributed by atoms with Gasteiger partial charge >= 0.3 is 48.1 Å². The number of nitrogens with zero attached hydrogens (tertiary/aromatic N) is 7. The zero-order valence-electron chi connectivity index (χ0n) is 72.1. The number of rotatable bonds is 56. The number of hydrogen-bond acceptors (Lipinski definition) is 27. The Morgan fingerprint density at radius 1 is 0.496 bits per heavy atom. The highest BCUT2D eigenvalue weighted by Crippen LogP contribution is 2.22. The fourth-order valence-electron chi connectivity index (χ4n) is 12.5. The molecule has 41 nitrogen and oxygen atoms in total. The number of pyridine rings is 2. The number of benzene rings is 2. The van der Waals surface area contributed by atoms with Crippen molar-refractivity contribution in [2.24, 2.45) is 0 Å². The Kier molecular flexibility index (Phi) is 54.6. The van der Waals surface area contributed by atoms with Gasteiger partial charge in [-0.05, 0) is 125 Å². The molecule has 5 aromatic rings. The highest BCUT2D eigenvalue weighted by atomic mass is 32.1. The largest absolute Gasteiger partial charge is 0.493 e. The number of anilines is 2. The van der Waals surface area contributed by atoms with Gasteiger partial charge < -0.3 is 111 Å². The van der Waals surface area contributed by atoms with Crippen LogP contribution in [0.15, 0.2) is 85.1 Å². The van der Waals surface area contributed by atoms with E-state index in [0.29, 0.717) is 215 Å². The molecule has 3 aromatic heterocycles. The molecule has 7 amide bonds. The number of carbonyl (C=O) groups is 10. The standard InChI is InChI=1S/C84H124N16O23S.CO2/c1-2-3-4-5-6-23-74(101)85-31-10-8-20-70(79(108)109)94-77(105)68(93-75(102)30-40-116-47-53-122-54-52-121-46-39-100-60-73(96-97-100)62-16-13-17-64(55-62)91-82(114)86-32-11-9-21-71(80(110)111)95-83(115)87-34-15-24-76(103)104)19-7-12-33-88-84(124)92-63-27-25-61(26-28-63)29-41-123-67-56-66(90-72(57-67)81(112)113)59-99-37-44-119-50-48-117-42-35-98(36-43-118-49-51-120-45-38-99)58-65-18-14-22-69(89-65)78(106)107;2-1-3/h13-14,16-18,22,25-28,55-57,60,68,70-71H,2-12,15,19-21,23-24,29-54,58-59H2,1H3,(H,85,101)(H,93,102)(H,94,105)(H,103,104)(H,106,107)(H,108,109)(H,110,111)(H,112,113)(H2,86,91,114)(H2,87,95,115)(H2,88,92,124);. The van der Waals surface area contributed by atoms with Gasteiger partial charge in [0.2, 0.25) is 17.7 Å². The van der Waals surface area contributed by atoms with Crippen LogP contribution >= 0.6 is 12.2 Å². The summed E-state index contributed by atoms with van der Waals surface area (Å²) in [5, 5.41) is 81.6. The minimum absolute atomic E-state index is 0.0122. The second-order valence-electron chi connectivity index (χ2n) is 29.3. The maximum atomic E-state index is 13.9. The fraction of sp³-hybridized carbons (Fsp3) is 0.576. The van der Waals surface area contributed by atoms with Gasteiger partial charge in [0.15, 0.2) is 10.8 Å². The molecule has 127 heavy (non-hydrogen) atoms. The van der Waals surface area contributed by atoms with E-state index in [2.05, 4.69) is 84.9 Å². The predicted molar refractivity (Wildman–Crippen MR) is 465 cm³/mol. The minimum Gasteiger partial charge on any atom is -0.493 e. The third kappa shape index (κ3) is 49.4. The molecule has 0 aliphatic carbocycles. The molecule has 3 unspecified atom stereocenters. The van der Waals surface area contributed by atoms with Gasteiger partial charge in [0.1, 0.15) is 35.3 Å². The van der Waals surface area contributed by atoms with Gasteiger partial charge in [-0.1, -0.05) is 68.2 Å². The first-order valence-electron chi connectivity index (χ1n) is 42.8. The summed E-state index contributed by atoms with van der Waals surface area (Å²) in [7, 11) is 0. The smallest absolute Gasteiger partial charge is 0.373 e. The van der Waals surface area contributed by atoms with Crippen LogP contribution in [0.4, 0.5) is 21.0 Å². The van der Waals surface area contributed by atoms with Gasteiger partial charge in [-0.15, -0.1) is 5.10 Å². The summed E-state index contributed by atoms with van der Waals surface area (Å²) < 4.78 is 48.4. The summed E-state index contributed by atoms with van der Waals surface area (Å²) in [6.45, 7) is 10.8. The van der Waals surface area contributed by atoms with Gasteiger partial charge in [0.25, 0.3) is 0 Å². The van der Waals surface area contributed by atoms with E-state index in [0.717, 1.165) is 37.7 Å². The van der Waals surface area contributed by atoms with Gasteiger partial charge in [-0.3, -0.25) is 29.0 Å². The van der Waals surface area contributed by atoms with Crippen LogP contribution in [0, 0.1) is 0 Å². The van der Waals surface area contributed by atoms with E-state index >= 15 is 0 Å². The molecular weight excluding hydrogens is 1680 g/mol. The van der Waals surface area contributed by atoms with Crippen LogP contribution in [0.5, 0.6) is 5.75 Å². The number of aliphatic carboxylic acids is 3. The zero-order valence-corrected chi connectivity index (χ0v) is 72.9. The summed E-state index contributed by atoms with van der Waals surface area (Å²) in [4.78, 5) is 152. The Morgan fingerprint density at radius 3 is 1.66 bits per heavy atom. The number of carboxylic acids is 5. The molecular formula is C85H124N16O25S. The van der Waals surface area contributed by atoms with Crippen molar-refractivity contribution in [2.75, 3.05) is 162 Å². The van der Waals surface area contributed by atoms with Crippen molar-refractivity contribution in [1.29, 1.82) is 0 Å².